The maximum Gasteiger partial charge on any atom is 0.227 e. The van der Waals surface area contributed by atoms with Crippen molar-refractivity contribution < 1.29 is 19.0 Å². The van der Waals surface area contributed by atoms with Crippen molar-refractivity contribution in [2.45, 2.75) is 12.8 Å². The van der Waals surface area contributed by atoms with Crippen molar-refractivity contribution in [2.24, 2.45) is 5.92 Å². The van der Waals surface area contributed by atoms with Crippen LogP contribution in [0.4, 0.5) is 0 Å². The SMILES string of the molecule is COc1ccc(OCCN2CCCC(C(=O)N3CCOCC3)C2)cc1. The number of benzene rings is 1. The summed E-state index contributed by atoms with van der Waals surface area (Å²) in [6.45, 7) is 6.15. The Kier molecular flexibility index (Phi) is 6.53. The Hall–Kier alpha value is -1.79. The third kappa shape index (κ3) is 5.09. The van der Waals surface area contributed by atoms with Crippen LogP contribution >= 0.6 is 0 Å². The van der Waals surface area contributed by atoms with Crippen molar-refractivity contribution in [1.29, 1.82) is 0 Å². The van der Waals surface area contributed by atoms with E-state index in [1.165, 1.54) is 0 Å². The number of nitrogens with zero attached hydrogens (tertiary/aromatic N) is 2. The third-order valence-electron chi connectivity index (χ3n) is 4.91. The first kappa shape index (κ1) is 18.0. The molecule has 0 radical (unpaired) electrons. The van der Waals surface area contributed by atoms with E-state index in [-0.39, 0.29) is 5.92 Å². The molecule has 0 N–H and O–H groups in total. The van der Waals surface area contributed by atoms with E-state index in [1.54, 1.807) is 7.11 Å². The first-order valence-corrected chi connectivity index (χ1v) is 9.12. The molecule has 6 heteroatoms. The molecule has 0 aromatic heterocycles. The van der Waals surface area contributed by atoms with Gasteiger partial charge in [0.05, 0.1) is 26.2 Å². The van der Waals surface area contributed by atoms with E-state index < -0.39 is 0 Å². The van der Waals surface area contributed by atoms with E-state index in [0.29, 0.717) is 25.7 Å². The van der Waals surface area contributed by atoms with Crippen molar-refractivity contribution in [3.8, 4) is 11.5 Å². The summed E-state index contributed by atoms with van der Waals surface area (Å²) in [7, 11) is 1.65. The number of methoxy groups -OCH3 is 1. The van der Waals surface area contributed by atoms with E-state index in [2.05, 4.69) is 4.90 Å². The quantitative estimate of drug-likeness (QED) is 0.782. The zero-order valence-corrected chi connectivity index (χ0v) is 15.0. The second kappa shape index (κ2) is 9.06. The van der Waals surface area contributed by atoms with Crippen LogP contribution in [0.15, 0.2) is 24.3 Å². The summed E-state index contributed by atoms with van der Waals surface area (Å²) >= 11 is 0. The Labute approximate surface area is 149 Å². The number of rotatable bonds is 6. The molecule has 1 atom stereocenters. The molecule has 3 rings (SSSR count). The average Bonchev–Trinajstić information content (AvgIpc) is 2.69. The van der Waals surface area contributed by atoms with E-state index in [9.17, 15) is 4.79 Å². The van der Waals surface area contributed by atoms with Gasteiger partial charge in [0, 0.05) is 26.2 Å². The summed E-state index contributed by atoms with van der Waals surface area (Å²) in [5, 5.41) is 0. The van der Waals surface area contributed by atoms with Gasteiger partial charge < -0.3 is 19.1 Å². The molecule has 2 aliphatic rings. The van der Waals surface area contributed by atoms with Crippen LogP contribution in [0.1, 0.15) is 12.8 Å². The summed E-state index contributed by atoms with van der Waals surface area (Å²) in [4.78, 5) is 17.0. The predicted octanol–water partition coefficient (Wildman–Crippen LogP) is 1.64. The van der Waals surface area contributed by atoms with E-state index in [1.807, 2.05) is 29.2 Å². The van der Waals surface area contributed by atoms with Crippen molar-refractivity contribution in [3.63, 3.8) is 0 Å². The van der Waals surface area contributed by atoms with Gasteiger partial charge in [-0.05, 0) is 43.7 Å². The van der Waals surface area contributed by atoms with Crippen LogP contribution in [-0.2, 0) is 9.53 Å². The molecule has 1 aromatic carbocycles. The van der Waals surface area contributed by atoms with Crippen molar-refractivity contribution in [1.82, 2.24) is 9.80 Å². The van der Waals surface area contributed by atoms with Crippen molar-refractivity contribution in [3.05, 3.63) is 24.3 Å². The minimum absolute atomic E-state index is 0.118. The van der Waals surface area contributed by atoms with Gasteiger partial charge in [-0.25, -0.2) is 0 Å². The predicted molar refractivity (Wildman–Crippen MR) is 95.1 cm³/mol. The highest BCUT2D eigenvalue weighted by atomic mass is 16.5. The van der Waals surface area contributed by atoms with E-state index in [0.717, 1.165) is 57.1 Å². The molecular weight excluding hydrogens is 320 g/mol. The lowest BCUT2D eigenvalue weighted by molar-refractivity contribution is -0.141. The van der Waals surface area contributed by atoms with Crippen molar-refractivity contribution >= 4 is 5.91 Å². The molecule has 2 aliphatic heterocycles. The van der Waals surface area contributed by atoms with Crippen LogP contribution < -0.4 is 9.47 Å². The average molecular weight is 348 g/mol. The van der Waals surface area contributed by atoms with Gasteiger partial charge in [0.2, 0.25) is 5.91 Å². The van der Waals surface area contributed by atoms with Gasteiger partial charge in [-0.15, -0.1) is 0 Å². The van der Waals surface area contributed by atoms with Gasteiger partial charge in [-0.3, -0.25) is 9.69 Å². The fraction of sp³-hybridized carbons (Fsp3) is 0.632. The molecule has 0 spiro atoms. The Morgan fingerprint density at radius 1 is 1.16 bits per heavy atom. The minimum Gasteiger partial charge on any atom is -0.497 e. The first-order valence-electron chi connectivity index (χ1n) is 9.12. The number of ether oxygens (including phenoxy) is 3. The standard InChI is InChI=1S/C19H28N2O4/c1-23-17-4-6-18(7-5-17)25-14-9-20-8-2-3-16(15-20)19(22)21-10-12-24-13-11-21/h4-7,16H,2-3,8-15H2,1H3. The second-order valence-electron chi connectivity index (χ2n) is 6.60. The van der Waals surface area contributed by atoms with E-state index >= 15 is 0 Å². The van der Waals surface area contributed by atoms with E-state index in [4.69, 9.17) is 14.2 Å². The second-order valence-corrected chi connectivity index (χ2v) is 6.60. The zero-order chi connectivity index (χ0) is 17.5. The summed E-state index contributed by atoms with van der Waals surface area (Å²) in [6.07, 6.45) is 2.06. The number of carbonyl (C=O) groups excluding carboxylic acids is 1. The van der Waals surface area contributed by atoms with Crippen LogP contribution in [0.5, 0.6) is 11.5 Å². The molecule has 2 heterocycles. The Morgan fingerprint density at radius 2 is 1.88 bits per heavy atom. The molecular formula is C19H28N2O4. The molecule has 1 aromatic rings. The highest BCUT2D eigenvalue weighted by Gasteiger charge is 2.29. The summed E-state index contributed by atoms with van der Waals surface area (Å²) in [5.74, 6) is 2.09. The fourth-order valence-corrected chi connectivity index (χ4v) is 3.47. The molecule has 0 bridgehead atoms. The Balaban J connectivity index is 1.42. The van der Waals surface area contributed by atoms with Gasteiger partial charge >= 0.3 is 0 Å². The largest absolute Gasteiger partial charge is 0.497 e. The van der Waals surface area contributed by atoms with Gasteiger partial charge in [-0.2, -0.15) is 0 Å². The van der Waals surface area contributed by atoms with Crippen LogP contribution in [0.3, 0.4) is 0 Å². The summed E-state index contributed by atoms with van der Waals surface area (Å²) in [5.41, 5.74) is 0. The normalized spacial score (nSPS) is 21.8. The number of likely N-dealkylation sites (tertiary alicyclic amines) is 1. The van der Waals surface area contributed by atoms with Crippen molar-refractivity contribution in [2.75, 3.05) is 59.7 Å². The molecule has 25 heavy (non-hydrogen) atoms. The topological polar surface area (TPSA) is 51.2 Å². The molecule has 138 valence electrons. The summed E-state index contributed by atoms with van der Waals surface area (Å²) < 4.78 is 16.3. The zero-order valence-electron chi connectivity index (χ0n) is 15.0. The van der Waals surface area contributed by atoms with Crippen LogP contribution in [0.25, 0.3) is 0 Å². The molecule has 0 saturated carbocycles. The lowest BCUT2D eigenvalue weighted by atomic mass is 9.96. The maximum absolute atomic E-state index is 12.7. The molecule has 6 nitrogen and oxygen atoms in total. The first-order chi connectivity index (χ1) is 12.3. The van der Waals surface area contributed by atoms with Crippen LogP contribution in [0.2, 0.25) is 0 Å². The Morgan fingerprint density at radius 3 is 2.60 bits per heavy atom. The molecule has 2 saturated heterocycles. The highest BCUT2D eigenvalue weighted by molar-refractivity contribution is 5.79. The fourth-order valence-electron chi connectivity index (χ4n) is 3.47. The number of hydrogen-bond donors (Lipinski definition) is 0. The molecule has 1 amide bonds. The molecule has 2 fully saturated rings. The number of amides is 1. The number of piperidine rings is 1. The highest BCUT2D eigenvalue weighted by Crippen LogP contribution is 2.20. The van der Waals surface area contributed by atoms with Gasteiger partial charge in [0.15, 0.2) is 0 Å². The number of morpholine rings is 1. The lowest BCUT2D eigenvalue weighted by Crippen LogP contribution is -2.48. The summed E-state index contributed by atoms with van der Waals surface area (Å²) in [6, 6.07) is 7.63. The van der Waals surface area contributed by atoms with Crippen LogP contribution in [-0.4, -0.2) is 75.4 Å². The molecule has 0 aliphatic carbocycles. The monoisotopic (exact) mass is 348 g/mol. The van der Waals surface area contributed by atoms with Crippen LogP contribution in [0, 0.1) is 5.92 Å². The third-order valence-corrected chi connectivity index (χ3v) is 4.91. The maximum atomic E-state index is 12.7. The minimum atomic E-state index is 0.118. The van der Waals surface area contributed by atoms with Gasteiger partial charge in [0.1, 0.15) is 18.1 Å². The smallest absolute Gasteiger partial charge is 0.227 e. The number of hydrogen-bond acceptors (Lipinski definition) is 5. The van der Waals surface area contributed by atoms with Gasteiger partial charge in [0.25, 0.3) is 0 Å². The Bertz CT molecular complexity index is 543. The van der Waals surface area contributed by atoms with Gasteiger partial charge in [-0.1, -0.05) is 0 Å². The lowest BCUT2D eigenvalue weighted by Gasteiger charge is -2.36. The molecule has 1 unspecified atom stereocenters. The number of carbonyl (C=O) groups is 1.